The van der Waals surface area contributed by atoms with Crippen molar-refractivity contribution in [3.05, 3.63) is 60.4 Å². The highest BCUT2D eigenvalue weighted by Gasteiger charge is 2.26. The van der Waals surface area contributed by atoms with Crippen LogP contribution >= 0.6 is 0 Å². The van der Waals surface area contributed by atoms with E-state index in [0.717, 1.165) is 34.0 Å². The Labute approximate surface area is 199 Å². The van der Waals surface area contributed by atoms with Gasteiger partial charge in [-0.05, 0) is 38.3 Å². The monoisotopic (exact) mass is 458 g/mol. The normalized spacial score (nSPS) is 14.0. The average molecular weight is 459 g/mol. The van der Waals surface area contributed by atoms with Crippen molar-refractivity contribution < 1.29 is 9.47 Å². The second kappa shape index (κ2) is 9.87. The zero-order valence-electron chi connectivity index (χ0n) is 19.9. The van der Waals surface area contributed by atoms with Crippen molar-refractivity contribution >= 4 is 0 Å². The number of ether oxygens (including phenoxy) is 2. The van der Waals surface area contributed by atoms with Gasteiger partial charge in [-0.2, -0.15) is 5.10 Å². The van der Waals surface area contributed by atoms with Crippen LogP contribution in [-0.4, -0.2) is 57.0 Å². The zero-order chi connectivity index (χ0) is 23.5. The molecule has 1 fully saturated rings. The van der Waals surface area contributed by atoms with E-state index in [9.17, 15) is 0 Å². The fourth-order valence-corrected chi connectivity index (χ4v) is 4.31. The van der Waals surface area contributed by atoms with E-state index >= 15 is 0 Å². The summed E-state index contributed by atoms with van der Waals surface area (Å²) in [5, 5.41) is 9.70. The van der Waals surface area contributed by atoms with Gasteiger partial charge >= 0.3 is 0 Å². The molecule has 176 valence electrons. The SMILES string of the molecule is COCC(COC)n1nc(-c2cccc(-c3ccccc3)n2)nc1-c1cn(C2CCC2)nc1C. The first-order valence-electron chi connectivity index (χ1n) is 11.7. The Balaban J connectivity index is 1.59. The number of pyridine rings is 1. The van der Waals surface area contributed by atoms with Crippen LogP contribution in [0.5, 0.6) is 0 Å². The lowest BCUT2D eigenvalue weighted by atomic mass is 9.93. The third kappa shape index (κ3) is 4.38. The van der Waals surface area contributed by atoms with Crippen LogP contribution in [0.15, 0.2) is 54.7 Å². The molecule has 1 saturated carbocycles. The third-order valence-corrected chi connectivity index (χ3v) is 6.35. The summed E-state index contributed by atoms with van der Waals surface area (Å²) < 4.78 is 15.0. The smallest absolute Gasteiger partial charge is 0.200 e. The van der Waals surface area contributed by atoms with Crippen molar-refractivity contribution in [3.8, 4) is 34.2 Å². The van der Waals surface area contributed by atoms with Gasteiger partial charge in [0.05, 0.1) is 36.2 Å². The van der Waals surface area contributed by atoms with Gasteiger partial charge in [0.15, 0.2) is 11.6 Å². The summed E-state index contributed by atoms with van der Waals surface area (Å²) in [6.45, 7) is 2.94. The molecule has 5 rings (SSSR count). The summed E-state index contributed by atoms with van der Waals surface area (Å²) in [4.78, 5) is 9.84. The van der Waals surface area contributed by atoms with Crippen molar-refractivity contribution in [2.45, 2.75) is 38.3 Å². The molecule has 8 heteroatoms. The number of methoxy groups -OCH3 is 2. The quantitative estimate of drug-likeness (QED) is 0.360. The van der Waals surface area contributed by atoms with Gasteiger partial charge in [-0.25, -0.2) is 14.6 Å². The van der Waals surface area contributed by atoms with Gasteiger partial charge in [0.25, 0.3) is 0 Å². The molecule has 0 radical (unpaired) electrons. The van der Waals surface area contributed by atoms with E-state index in [4.69, 9.17) is 29.6 Å². The number of rotatable bonds is 9. The van der Waals surface area contributed by atoms with Crippen LogP contribution < -0.4 is 0 Å². The number of hydrogen-bond acceptors (Lipinski definition) is 6. The molecule has 8 nitrogen and oxygen atoms in total. The Bertz CT molecular complexity index is 1240. The minimum Gasteiger partial charge on any atom is -0.382 e. The molecular weight excluding hydrogens is 428 g/mol. The van der Waals surface area contributed by atoms with E-state index in [2.05, 4.69) is 23.0 Å². The summed E-state index contributed by atoms with van der Waals surface area (Å²) in [5.41, 5.74) is 4.57. The van der Waals surface area contributed by atoms with Crippen LogP contribution in [-0.2, 0) is 9.47 Å². The Morgan fingerprint density at radius 2 is 1.65 bits per heavy atom. The van der Waals surface area contributed by atoms with Gasteiger partial charge < -0.3 is 9.47 Å². The first-order chi connectivity index (χ1) is 16.7. The van der Waals surface area contributed by atoms with Crippen LogP contribution in [0.1, 0.15) is 37.0 Å². The molecule has 0 amide bonds. The van der Waals surface area contributed by atoms with Gasteiger partial charge in [-0.1, -0.05) is 36.4 Å². The van der Waals surface area contributed by atoms with Crippen molar-refractivity contribution in [2.24, 2.45) is 0 Å². The Morgan fingerprint density at radius 3 is 2.32 bits per heavy atom. The van der Waals surface area contributed by atoms with Crippen molar-refractivity contribution in [2.75, 3.05) is 27.4 Å². The summed E-state index contributed by atoms with van der Waals surface area (Å²) in [5.74, 6) is 1.32. The maximum atomic E-state index is 5.49. The number of benzene rings is 1. The first-order valence-corrected chi connectivity index (χ1v) is 11.7. The highest BCUT2D eigenvalue weighted by Crippen LogP contribution is 2.34. The number of nitrogens with zero attached hydrogens (tertiary/aromatic N) is 6. The van der Waals surface area contributed by atoms with Crippen molar-refractivity contribution in [1.82, 2.24) is 29.5 Å². The fourth-order valence-electron chi connectivity index (χ4n) is 4.31. The van der Waals surface area contributed by atoms with Crippen LogP contribution in [0, 0.1) is 6.92 Å². The number of aryl methyl sites for hydroxylation is 1. The van der Waals surface area contributed by atoms with Crippen LogP contribution in [0.2, 0.25) is 0 Å². The minimum absolute atomic E-state index is 0.130. The summed E-state index contributed by atoms with van der Waals surface area (Å²) in [6.07, 6.45) is 5.70. The largest absolute Gasteiger partial charge is 0.382 e. The summed E-state index contributed by atoms with van der Waals surface area (Å²) in [6, 6.07) is 16.4. The zero-order valence-corrected chi connectivity index (χ0v) is 19.9. The van der Waals surface area contributed by atoms with E-state index in [1.165, 1.54) is 19.3 Å². The molecule has 34 heavy (non-hydrogen) atoms. The fraction of sp³-hybridized carbons (Fsp3) is 0.385. The Morgan fingerprint density at radius 1 is 0.912 bits per heavy atom. The predicted octanol–water partition coefficient (Wildman–Crippen LogP) is 4.74. The lowest BCUT2D eigenvalue weighted by Gasteiger charge is -2.25. The molecule has 0 aliphatic heterocycles. The molecule has 3 heterocycles. The minimum atomic E-state index is -0.130. The lowest BCUT2D eigenvalue weighted by molar-refractivity contribution is 0.0846. The lowest BCUT2D eigenvalue weighted by Crippen LogP contribution is -2.22. The predicted molar refractivity (Wildman–Crippen MR) is 130 cm³/mol. The van der Waals surface area contributed by atoms with Gasteiger partial charge in [-0.15, -0.1) is 5.10 Å². The molecule has 0 atom stereocenters. The van der Waals surface area contributed by atoms with E-state index in [1.54, 1.807) is 14.2 Å². The Kier molecular flexibility index (Phi) is 6.51. The molecule has 0 unspecified atom stereocenters. The van der Waals surface area contributed by atoms with Crippen molar-refractivity contribution in [1.29, 1.82) is 0 Å². The van der Waals surface area contributed by atoms with E-state index in [-0.39, 0.29) is 6.04 Å². The molecule has 0 N–H and O–H groups in total. The standard InChI is InChI=1S/C26H30N6O2/c1-18-22(15-31(29-18)20-11-7-12-20)26-28-25(30-32(26)21(16-33-2)17-34-3)24-14-8-13-23(27-24)19-9-5-4-6-10-19/h4-6,8-10,13-15,20-21H,7,11-12,16-17H2,1-3H3. The molecule has 3 aromatic heterocycles. The molecule has 0 spiro atoms. The van der Waals surface area contributed by atoms with Gasteiger partial charge in [0, 0.05) is 26.0 Å². The Hall–Kier alpha value is -3.36. The topological polar surface area (TPSA) is 79.9 Å². The summed E-state index contributed by atoms with van der Waals surface area (Å²) >= 11 is 0. The average Bonchev–Trinajstić information content (AvgIpc) is 3.42. The number of aromatic nitrogens is 6. The maximum absolute atomic E-state index is 5.49. The van der Waals surface area contributed by atoms with E-state index < -0.39 is 0 Å². The highest BCUT2D eigenvalue weighted by atomic mass is 16.5. The molecule has 4 aromatic rings. The van der Waals surface area contributed by atoms with Crippen LogP contribution in [0.3, 0.4) is 0 Å². The number of hydrogen-bond donors (Lipinski definition) is 0. The third-order valence-electron chi connectivity index (χ3n) is 6.35. The molecule has 0 saturated heterocycles. The summed E-state index contributed by atoms with van der Waals surface area (Å²) in [7, 11) is 3.37. The van der Waals surface area contributed by atoms with Crippen LogP contribution in [0.4, 0.5) is 0 Å². The molecule has 0 bridgehead atoms. The van der Waals surface area contributed by atoms with Gasteiger partial charge in [0.1, 0.15) is 11.7 Å². The molecular formula is C26H30N6O2. The van der Waals surface area contributed by atoms with Gasteiger partial charge in [-0.3, -0.25) is 4.68 Å². The van der Waals surface area contributed by atoms with E-state index in [1.807, 2.05) is 48.0 Å². The maximum Gasteiger partial charge on any atom is 0.200 e. The van der Waals surface area contributed by atoms with Crippen molar-refractivity contribution in [3.63, 3.8) is 0 Å². The van der Waals surface area contributed by atoms with Crippen LogP contribution in [0.25, 0.3) is 34.2 Å². The van der Waals surface area contributed by atoms with Gasteiger partial charge in [0.2, 0.25) is 0 Å². The molecule has 1 aromatic carbocycles. The first kappa shape index (κ1) is 22.4. The molecule has 1 aliphatic carbocycles. The molecule has 1 aliphatic rings. The highest BCUT2D eigenvalue weighted by molar-refractivity contribution is 5.65. The second-order valence-electron chi connectivity index (χ2n) is 8.74. The second-order valence-corrected chi connectivity index (χ2v) is 8.74. The van der Waals surface area contributed by atoms with E-state index in [0.29, 0.717) is 25.1 Å².